The van der Waals surface area contributed by atoms with Gasteiger partial charge >= 0.3 is 0 Å². The summed E-state index contributed by atoms with van der Waals surface area (Å²) in [5, 5.41) is 12.2. The molecule has 0 bridgehead atoms. The van der Waals surface area contributed by atoms with Gasteiger partial charge in [-0.25, -0.2) is 8.91 Å². The molecule has 3 N–H and O–H groups in total. The van der Waals surface area contributed by atoms with Crippen LogP contribution in [-0.2, 0) is 11.8 Å². The Bertz CT molecular complexity index is 1200. The van der Waals surface area contributed by atoms with Crippen LogP contribution in [0.25, 0.3) is 16.6 Å². The van der Waals surface area contributed by atoms with Crippen LogP contribution in [0.1, 0.15) is 23.7 Å². The number of hydrogen-bond acceptors (Lipinski definition) is 5. The summed E-state index contributed by atoms with van der Waals surface area (Å²) < 4.78 is 16.3. The zero-order valence-electron chi connectivity index (χ0n) is 18.0. The fourth-order valence-electron chi connectivity index (χ4n) is 5.37. The zero-order valence-corrected chi connectivity index (χ0v) is 18.0. The molecule has 5 rings (SSSR count). The van der Waals surface area contributed by atoms with E-state index in [1.165, 1.54) is 6.20 Å². The van der Waals surface area contributed by atoms with Crippen LogP contribution in [0.5, 0.6) is 0 Å². The van der Waals surface area contributed by atoms with E-state index in [9.17, 15) is 14.0 Å². The van der Waals surface area contributed by atoms with Gasteiger partial charge in [0.2, 0.25) is 0 Å². The summed E-state index contributed by atoms with van der Waals surface area (Å²) in [6.07, 6.45) is 7.93. The molecule has 0 radical (unpaired) electrons. The van der Waals surface area contributed by atoms with Gasteiger partial charge in [0, 0.05) is 49.7 Å². The first-order valence-corrected chi connectivity index (χ1v) is 10.8. The number of anilines is 1. The Morgan fingerprint density at radius 2 is 2.03 bits per heavy atom. The molecular formula is C22H26FN7O2. The van der Waals surface area contributed by atoms with Gasteiger partial charge in [-0.3, -0.25) is 14.3 Å². The van der Waals surface area contributed by atoms with Crippen LogP contribution in [0.15, 0.2) is 30.9 Å². The van der Waals surface area contributed by atoms with Crippen molar-refractivity contribution in [2.45, 2.75) is 19.4 Å². The Morgan fingerprint density at radius 1 is 1.22 bits per heavy atom. The molecule has 2 fully saturated rings. The molecule has 2 amide bonds. The summed E-state index contributed by atoms with van der Waals surface area (Å²) in [4.78, 5) is 25.6. The summed E-state index contributed by atoms with van der Waals surface area (Å²) in [7, 11) is 1.86. The average Bonchev–Trinajstić information content (AvgIpc) is 3.52. The molecular weight excluding hydrogens is 413 g/mol. The number of nitrogens with one attached hydrogen (secondary N) is 1. The topological polar surface area (TPSA) is 111 Å². The van der Waals surface area contributed by atoms with E-state index >= 15 is 0 Å². The minimum Gasteiger partial charge on any atom is -0.380 e. The van der Waals surface area contributed by atoms with Crippen molar-refractivity contribution in [1.82, 2.24) is 24.3 Å². The lowest BCUT2D eigenvalue weighted by molar-refractivity contribution is -0.131. The standard InChI is InChI=1S/C22H26FN7O2/c1-12-17-11-29(20(31)5-23)9-14(17)3-18(12)27-21-16(22(24)32)7-26-30-10-13(4-19(21)30)15-6-25-28(2)8-15/h4,6-8,10,12,14,17-18,27H,3,5,9,11H2,1-2H3,(H2,24,32)/t12-,14+,17-,18+/m0/s1. The molecule has 0 aromatic carbocycles. The van der Waals surface area contributed by atoms with E-state index in [-0.39, 0.29) is 12.0 Å². The Hall–Kier alpha value is -3.43. The third-order valence-electron chi connectivity index (χ3n) is 7.10. The maximum Gasteiger partial charge on any atom is 0.253 e. The zero-order chi connectivity index (χ0) is 22.6. The van der Waals surface area contributed by atoms with Gasteiger partial charge in [-0.15, -0.1) is 0 Å². The van der Waals surface area contributed by atoms with E-state index in [2.05, 4.69) is 22.4 Å². The molecule has 2 aliphatic rings. The van der Waals surface area contributed by atoms with E-state index in [4.69, 9.17) is 5.73 Å². The monoisotopic (exact) mass is 439 g/mol. The largest absolute Gasteiger partial charge is 0.380 e. The number of alkyl halides is 1. The maximum absolute atomic E-state index is 12.8. The predicted octanol–water partition coefficient (Wildman–Crippen LogP) is 1.70. The van der Waals surface area contributed by atoms with Crippen LogP contribution in [0, 0.1) is 17.8 Å². The van der Waals surface area contributed by atoms with Crippen molar-refractivity contribution in [2.24, 2.45) is 30.5 Å². The van der Waals surface area contributed by atoms with Crippen molar-refractivity contribution in [2.75, 3.05) is 25.1 Å². The Morgan fingerprint density at radius 3 is 2.69 bits per heavy atom. The molecule has 4 atom stereocenters. The van der Waals surface area contributed by atoms with Crippen LogP contribution in [0.4, 0.5) is 10.1 Å². The number of aryl methyl sites for hydroxylation is 1. The van der Waals surface area contributed by atoms with Gasteiger partial charge in [0.15, 0.2) is 6.67 Å². The average molecular weight is 439 g/mol. The van der Waals surface area contributed by atoms with Gasteiger partial charge < -0.3 is 16.0 Å². The van der Waals surface area contributed by atoms with E-state index < -0.39 is 18.5 Å². The van der Waals surface area contributed by atoms with E-state index in [1.54, 1.807) is 20.3 Å². The molecule has 1 aliphatic heterocycles. The number of aromatic nitrogens is 4. The Balaban J connectivity index is 1.46. The summed E-state index contributed by atoms with van der Waals surface area (Å²) >= 11 is 0. The number of carbonyl (C=O) groups excluding carboxylic acids is 2. The van der Waals surface area contributed by atoms with Crippen LogP contribution in [-0.4, -0.2) is 61.9 Å². The number of fused-ring (bicyclic) bond motifs is 2. The van der Waals surface area contributed by atoms with Crippen molar-refractivity contribution in [3.05, 3.63) is 36.4 Å². The van der Waals surface area contributed by atoms with Crippen LogP contribution < -0.4 is 11.1 Å². The minimum atomic E-state index is -0.944. The fraction of sp³-hybridized carbons (Fsp3) is 0.455. The van der Waals surface area contributed by atoms with E-state index in [0.717, 1.165) is 23.1 Å². The molecule has 3 aromatic heterocycles. The van der Waals surface area contributed by atoms with Crippen LogP contribution in [0.2, 0.25) is 0 Å². The lowest BCUT2D eigenvalue weighted by atomic mass is 9.93. The molecule has 10 heteroatoms. The molecule has 1 saturated carbocycles. The van der Waals surface area contributed by atoms with Gasteiger partial charge in [-0.2, -0.15) is 10.2 Å². The number of amides is 2. The SMILES string of the molecule is C[C@H]1[C@@H]2CN(C(=O)CF)C[C@H]2C[C@H]1Nc1c(C(N)=O)cnn2cc(-c3cnn(C)c3)cc12. The molecule has 4 heterocycles. The Labute approximate surface area is 184 Å². The molecule has 1 saturated heterocycles. The van der Waals surface area contributed by atoms with Crippen LogP contribution in [0.3, 0.4) is 0 Å². The molecule has 168 valence electrons. The van der Waals surface area contributed by atoms with Gasteiger partial charge in [0.25, 0.3) is 11.8 Å². The van der Waals surface area contributed by atoms with Gasteiger partial charge in [0.1, 0.15) is 0 Å². The third kappa shape index (κ3) is 3.30. The smallest absolute Gasteiger partial charge is 0.253 e. The molecule has 0 unspecified atom stereocenters. The maximum atomic E-state index is 12.8. The van der Waals surface area contributed by atoms with Crippen molar-refractivity contribution < 1.29 is 14.0 Å². The molecule has 1 aliphatic carbocycles. The third-order valence-corrected chi connectivity index (χ3v) is 7.10. The molecule has 32 heavy (non-hydrogen) atoms. The van der Waals surface area contributed by atoms with Gasteiger partial charge in [-0.1, -0.05) is 6.92 Å². The normalized spacial score (nSPS) is 24.8. The van der Waals surface area contributed by atoms with Gasteiger partial charge in [-0.05, 0) is 30.2 Å². The van der Waals surface area contributed by atoms with Gasteiger partial charge in [0.05, 0.1) is 29.2 Å². The van der Waals surface area contributed by atoms with Crippen molar-refractivity contribution in [3.63, 3.8) is 0 Å². The summed E-state index contributed by atoms with van der Waals surface area (Å²) in [6, 6.07) is 2.08. The second kappa shape index (κ2) is 7.61. The highest BCUT2D eigenvalue weighted by atomic mass is 19.1. The summed E-state index contributed by atoms with van der Waals surface area (Å²) in [6.45, 7) is 2.37. The quantitative estimate of drug-likeness (QED) is 0.629. The highest BCUT2D eigenvalue weighted by Gasteiger charge is 2.47. The summed E-state index contributed by atoms with van der Waals surface area (Å²) in [5.41, 5.74) is 9.33. The highest BCUT2D eigenvalue weighted by molar-refractivity contribution is 6.02. The number of halogens is 1. The second-order valence-electron chi connectivity index (χ2n) is 8.96. The highest BCUT2D eigenvalue weighted by Crippen LogP contribution is 2.44. The van der Waals surface area contributed by atoms with E-state index in [0.29, 0.717) is 36.2 Å². The number of rotatable bonds is 5. The van der Waals surface area contributed by atoms with Crippen LogP contribution >= 0.6 is 0 Å². The minimum absolute atomic E-state index is 0.105. The number of carbonyl (C=O) groups is 2. The lowest BCUT2D eigenvalue weighted by Crippen LogP contribution is -2.34. The van der Waals surface area contributed by atoms with Crippen molar-refractivity contribution in [3.8, 4) is 11.1 Å². The first-order chi connectivity index (χ1) is 15.4. The number of nitrogens with zero attached hydrogens (tertiary/aromatic N) is 5. The molecule has 3 aromatic rings. The van der Waals surface area contributed by atoms with Crippen molar-refractivity contribution >= 4 is 23.0 Å². The summed E-state index contributed by atoms with van der Waals surface area (Å²) in [5.74, 6) is -0.114. The van der Waals surface area contributed by atoms with Crippen molar-refractivity contribution in [1.29, 1.82) is 0 Å². The lowest BCUT2D eigenvalue weighted by Gasteiger charge is -2.25. The number of nitrogens with two attached hydrogens (primary N) is 1. The van der Waals surface area contributed by atoms with E-state index in [1.807, 2.05) is 25.5 Å². The molecule has 9 nitrogen and oxygen atoms in total. The predicted molar refractivity (Wildman–Crippen MR) is 117 cm³/mol. The second-order valence-corrected chi connectivity index (χ2v) is 8.96. The number of hydrogen-bond donors (Lipinski definition) is 2. The first kappa shape index (κ1) is 20.5. The number of likely N-dealkylation sites (tertiary alicyclic amines) is 1. The number of primary amides is 1. The Kier molecular flexibility index (Phi) is 4.87. The first-order valence-electron chi connectivity index (χ1n) is 10.8. The fourth-order valence-corrected chi connectivity index (χ4v) is 5.37. The molecule has 0 spiro atoms.